The molecule has 1 unspecified atom stereocenters. The Bertz CT molecular complexity index is 2740. The third-order valence-corrected chi connectivity index (χ3v) is 14.1. The third-order valence-electron chi connectivity index (χ3n) is 14.1. The van der Waals surface area contributed by atoms with Crippen LogP contribution in [0.2, 0.25) is 0 Å². The molecule has 12 heteroatoms. The molecule has 0 bridgehead atoms. The summed E-state index contributed by atoms with van der Waals surface area (Å²) in [7, 11) is 4.79. The summed E-state index contributed by atoms with van der Waals surface area (Å²) in [5.74, 6) is -1.55. The Balaban J connectivity index is 0.000000142. The van der Waals surface area contributed by atoms with Crippen LogP contribution in [-0.2, 0) is 54.4 Å². The second-order valence-corrected chi connectivity index (χ2v) is 19.7. The number of rotatable bonds is 6. The van der Waals surface area contributed by atoms with E-state index < -0.39 is 5.92 Å². The number of carbonyl (C=O) groups excluding carboxylic acids is 4. The zero-order chi connectivity index (χ0) is 46.1. The van der Waals surface area contributed by atoms with Crippen molar-refractivity contribution in [3.63, 3.8) is 0 Å². The number of benzene rings is 3. The Hall–Kier alpha value is -6.17. The van der Waals surface area contributed by atoms with Gasteiger partial charge in [0.1, 0.15) is 17.0 Å². The molecule has 12 nitrogen and oxygen atoms in total. The summed E-state index contributed by atoms with van der Waals surface area (Å²) in [4.78, 5) is 74.0. The highest BCUT2D eigenvalue weighted by atomic mass is 16.2. The first-order valence-electron chi connectivity index (χ1n) is 21.8. The second-order valence-electron chi connectivity index (χ2n) is 19.7. The number of hydrogen-bond acceptors (Lipinski definition) is 7. The predicted octanol–water partition coefficient (Wildman–Crippen LogP) is 7.43. The minimum atomic E-state index is -0.767. The Labute approximate surface area is 368 Å². The lowest BCUT2D eigenvalue weighted by molar-refractivity contribution is -0.129. The molecule has 3 heterocycles. The van der Waals surface area contributed by atoms with E-state index in [4.69, 9.17) is 0 Å². The standard InChI is InChI=1S/3C17H20N2O2/c3*1-10-12(15(20)13-9-18-19(4)16(13)21)6-5-11-7-8-17(2,3)14(10)11/h2*5-6,9,18H,7-8H2,1-4H3;5-6,9,13H,7-8H2,1-4H3. The van der Waals surface area contributed by atoms with Gasteiger partial charge in [-0.1, -0.05) is 77.9 Å². The zero-order valence-electron chi connectivity index (χ0n) is 38.8. The smallest absolute Gasteiger partial charge is 0.277 e. The summed E-state index contributed by atoms with van der Waals surface area (Å²) < 4.78 is 2.64. The van der Waals surface area contributed by atoms with Crippen molar-refractivity contribution in [1.29, 1.82) is 0 Å². The summed E-state index contributed by atoms with van der Waals surface area (Å²) in [5, 5.41) is 10.7. The van der Waals surface area contributed by atoms with Crippen LogP contribution in [0.1, 0.15) is 153 Å². The number of aryl methyl sites for hydroxylation is 5. The molecule has 3 aromatic carbocycles. The van der Waals surface area contributed by atoms with Gasteiger partial charge in [0.2, 0.25) is 0 Å². The fraction of sp³-hybridized carbons (Fsp3) is 0.431. The van der Waals surface area contributed by atoms with Gasteiger partial charge in [-0.2, -0.15) is 5.10 Å². The molecule has 1 amide bonds. The molecule has 0 radical (unpaired) electrons. The number of nitrogens with zero attached hydrogens (tertiary/aromatic N) is 4. The molecule has 2 aromatic heterocycles. The van der Waals surface area contributed by atoms with Crippen molar-refractivity contribution in [1.82, 2.24) is 24.6 Å². The van der Waals surface area contributed by atoms with Gasteiger partial charge >= 0.3 is 0 Å². The minimum absolute atomic E-state index is 0.0960. The van der Waals surface area contributed by atoms with Crippen molar-refractivity contribution >= 4 is 29.5 Å². The lowest BCUT2D eigenvalue weighted by atomic mass is 9.81. The van der Waals surface area contributed by atoms with Crippen LogP contribution in [0.25, 0.3) is 0 Å². The summed E-state index contributed by atoms with van der Waals surface area (Å²) in [5.41, 5.74) is 13.0. The van der Waals surface area contributed by atoms with Crippen molar-refractivity contribution in [3.05, 3.63) is 147 Å². The molecule has 4 aliphatic rings. The average molecular weight is 853 g/mol. The van der Waals surface area contributed by atoms with Gasteiger partial charge in [-0.05, 0) is 126 Å². The van der Waals surface area contributed by atoms with Crippen LogP contribution < -0.4 is 11.1 Å². The molecular weight excluding hydrogens is 793 g/mol. The van der Waals surface area contributed by atoms with Gasteiger partial charge in [-0.3, -0.25) is 38.1 Å². The monoisotopic (exact) mass is 852 g/mol. The quantitative estimate of drug-likeness (QED) is 0.134. The third kappa shape index (κ3) is 7.82. The molecule has 63 heavy (non-hydrogen) atoms. The fourth-order valence-electron chi connectivity index (χ4n) is 10.6. The number of fused-ring (bicyclic) bond motifs is 3. The molecule has 1 aliphatic heterocycles. The van der Waals surface area contributed by atoms with Gasteiger partial charge in [0.15, 0.2) is 17.3 Å². The molecular formula is C51H60N6O6. The van der Waals surface area contributed by atoms with Crippen LogP contribution in [0.5, 0.6) is 0 Å². The summed E-state index contributed by atoms with van der Waals surface area (Å²) in [6.45, 7) is 19.3. The Kier molecular flexibility index (Phi) is 11.5. The van der Waals surface area contributed by atoms with Gasteiger partial charge in [-0.25, -0.2) is 5.01 Å². The van der Waals surface area contributed by atoms with E-state index in [9.17, 15) is 28.8 Å². The summed E-state index contributed by atoms with van der Waals surface area (Å²) in [6, 6.07) is 11.7. The highest BCUT2D eigenvalue weighted by Crippen LogP contribution is 2.44. The molecule has 3 aliphatic carbocycles. The molecule has 0 saturated carbocycles. The fourth-order valence-corrected chi connectivity index (χ4v) is 10.6. The second kappa shape index (κ2) is 16.2. The van der Waals surface area contributed by atoms with Crippen LogP contribution in [0.3, 0.4) is 0 Å². The number of carbonyl (C=O) groups is 4. The van der Waals surface area contributed by atoms with Crippen LogP contribution in [0.4, 0.5) is 0 Å². The highest BCUT2D eigenvalue weighted by molar-refractivity contribution is 6.21. The van der Waals surface area contributed by atoms with Crippen LogP contribution >= 0.6 is 0 Å². The first-order valence-corrected chi connectivity index (χ1v) is 21.8. The maximum atomic E-state index is 12.7. The SMILES string of the molecule is Cc1c(C(=O)C2C=NN(C)C2=O)ccc2c1C(C)(C)CC2.Cc1c(C(=O)c2c[nH]n(C)c2=O)ccc2c1C(C)(C)CC2.Cc1c(C(=O)c2c[nH]n(C)c2=O)ccc2c1C(C)(C)CC2. The van der Waals surface area contributed by atoms with Crippen molar-refractivity contribution < 1.29 is 19.2 Å². The van der Waals surface area contributed by atoms with Gasteiger partial charge in [-0.15, -0.1) is 0 Å². The number of nitrogens with one attached hydrogen (secondary N) is 2. The van der Waals surface area contributed by atoms with E-state index in [1.54, 1.807) is 21.1 Å². The predicted molar refractivity (Wildman–Crippen MR) is 246 cm³/mol. The van der Waals surface area contributed by atoms with E-state index in [1.807, 2.05) is 57.2 Å². The van der Waals surface area contributed by atoms with Gasteiger partial charge < -0.3 is 10.2 Å². The average Bonchev–Trinajstić information content (AvgIpc) is 4.06. The van der Waals surface area contributed by atoms with Crippen LogP contribution in [0.15, 0.2) is 63.5 Å². The lowest BCUT2D eigenvalue weighted by Crippen LogP contribution is -2.29. The summed E-state index contributed by atoms with van der Waals surface area (Å²) in [6.07, 6.45) is 10.9. The largest absolute Gasteiger partial charge is 0.302 e. The molecule has 9 rings (SSSR count). The molecule has 0 saturated heterocycles. The van der Waals surface area contributed by atoms with E-state index in [2.05, 4.69) is 56.8 Å². The number of aromatic nitrogens is 4. The molecule has 330 valence electrons. The number of hydrazone groups is 1. The first-order chi connectivity index (χ1) is 29.5. The number of ketones is 3. The van der Waals surface area contributed by atoms with E-state index in [1.165, 1.54) is 66.4 Å². The van der Waals surface area contributed by atoms with Crippen molar-refractivity contribution in [2.45, 2.75) is 117 Å². The first kappa shape index (κ1) is 44.9. The minimum Gasteiger partial charge on any atom is -0.302 e. The van der Waals surface area contributed by atoms with Crippen molar-refractivity contribution in [3.8, 4) is 0 Å². The maximum Gasteiger partial charge on any atom is 0.277 e. The Morgan fingerprint density at radius 2 is 0.905 bits per heavy atom. The maximum absolute atomic E-state index is 12.7. The Morgan fingerprint density at radius 1 is 0.556 bits per heavy atom. The lowest BCUT2D eigenvalue weighted by Gasteiger charge is -2.23. The number of hydrogen-bond donors (Lipinski definition) is 2. The molecule has 1 atom stereocenters. The van der Waals surface area contributed by atoms with Crippen LogP contribution in [-0.4, -0.2) is 61.1 Å². The topological polar surface area (TPSA) is 159 Å². The normalized spacial score (nSPS) is 18.3. The zero-order valence-corrected chi connectivity index (χ0v) is 38.8. The van der Waals surface area contributed by atoms with Gasteiger partial charge in [0.05, 0.1) is 0 Å². The number of H-pyrrole nitrogens is 2. The molecule has 0 fully saturated rings. The van der Waals surface area contributed by atoms with E-state index in [0.717, 1.165) is 55.2 Å². The van der Waals surface area contributed by atoms with E-state index in [-0.39, 0.29) is 61.7 Å². The van der Waals surface area contributed by atoms with Gasteiger partial charge in [0.25, 0.3) is 17.0 Å². The van der Waals surface area contributed by atoms with E-state index in [0.29, 0.717) is 16.7 Å². The summed E-state index contributed by atoms with van der Waals surface area (Å²) >= 11 is 0. The molecule has 0 spiro atoms. The number of Topliss-reactive ketones (excluding diaryl/α,β-unsaturated/α-hetero) is 1. The van der Waals surface area contributed by atoms with Crippen molar-refractivity contribution in [2.75, 3.05) is 7.05 Å². The van der Waals surface area contributed by atoms with Gasteiger partial charge in [0, 0.05) is 56.4 Å². The highest BCUT2D eigenvalue weighted by Gasteiger charge is 2.38. The molecule has 2 N–H and O–H groups in total. The van der Waals surface area contributed by atoms with Crippen molar-refractivity contribution in [2.24, 2.45) is 25.1 Å². The molecule has 5 aromatic rings. The number of amides is 1. The Morgan fingerprint density at radius 3 is 1.22 bits per heavy atom. The van der Waals surface area contributed by atoms with Crippen LogP contribution in [0, 0.1) is 26.7 Å². The number of aromatic amines is 2. The van der Waals surface area contributed by atoms with E-state index >= 15 is 0 Å².